The smallest absolute Gasteiger partial charge is 0.258 e. The predicted octanol–water partition coefficient (Wildman–Crippen LogP) is 1.93. The van der Waals surface area contributed by atoms with Crippen LogP contribution < -0.4 is 4.90 Å². The average Bonchev–Trinajstić information content (AvgIpc) is 3.00. The van der Waals surface area contributed by atoms with E-state index in [2.05, 4.69) is 11.1 Å². The molecule has 0 spiro atoms. The van der Waals surface area contributed by atoms with Crippen LogP contribution in [0.4, 0.5) is 5.69 Å². The van der Waals surface area contributed by atoms with Crippen molar-refractivity contribution in [1.29, 1.82) is 0 Å². The normalized spacial score (nSPS) is 19.2. The first-order chi connectivity index (χ1) is 12.7. The standard InChI is InChI=1S/C20H21N3O3/c1-26-13-19(24)22-10-15(11-22)17-12-23(18-5-3-2-4-16(17)18)20(25)14-6-8-21-9-7-14/h2-9,15,17H,10-13H2,1H3/t17-/m1/s1. The van der Waals surface area contributed by atoms with Crippen LogP contribution in [0.3, 0.4) is 0 Å². The van der Waals surface area contributed by atoms with E-state index >= 15 is 0 Å². The molecule has 2 aliphatic heterocycles. The SMILES string of the molecule is COCC(=O)N1CC([C@H]2CN(C(=O)c3ccncc3)c3ccccc32)C1. The van der Waals surface area contributed by atoms with Crippen molar-refractivity contribution in [3.63, 3.8) is 0 Å². The van der Waals surface area contributed by atoms with E-state index in [9.17, 15) is 9.59 Å². The van der Waals surface area contributed by atoms with Gasteiger partial charge in [0.25, 0.3) is 5.91 Å². The Balaban J connectivity index is 1.53. The number of carbonyl (C=O) groups excluding carboxylic acids is 2. The summed E-state index contributed by atoms with van der Waals surface area (Å²) < 4.78 is 4.93. The van der Waals surface area contributed by atoms with E-state index in [4.69, 9.17) is 4.74 Å². The maximum absolute atomic E-state index is 13.0. The highest BCUT2D eigenvalue weighted by atomic mass is 16.5. The molecule has 4 rings (SSSR count). The van der Waals surface area contributed by atoms with Crippen LogP contribution in [-0.2, 0) is 9.53 Å². The number of rotatable bonds is 4. The summed E-state index contributed by atoms with van der Waals surface area (Å²) in [5.74, 6) is 0.643. The number of fused-ring (bicyclic) bond motifs is 1. The summed E-state index contributed by atoms with van der Waals surface area (Å²) in [6.45, 7) is 2.22. The maximum atomic E-state index is 13.0. The van der Waals surface area contributed by atoms with Crippen molar-refractivity contribution >= 4 is 17.5 Å². The van der Waals surface area contributed by atoms with Crippen LogP contribution in [0.15, 0.2) is 48.8 Å². The summed E-state index contributed by atoms with van der Waals surface area (Å²) in [4.78, 5) is 32.5. The minimum atomic E-state index is -0.00557. The molecule has 0 unspecified atom stereocenters. The quantitative estimate of drug-likeness (QED) is 0.844. The number of methoxy groups -OCH3 is 1. The van der Waals surface area contributed by atoms with Crippen LogP contribution >= 0.6 is 0 Å². The summed E-state index contributed by atoms with van der Waals surface area (Å²) in [6, 6.07) is 11.6. The molecule has 2 aliphatic rings. The second-order valence-corrected chi connectivity index (χ2v) is 6.81. The molecule has 2 amide bonds. The lowest BCUT2D eigenvalue weighted by Crippen LogP contribution is -2.53. The molecule has 1 saturated heterocycles. The lowest BCUT2D eigenvalue weighted by atomic mass is 9.82. The van der Waals surface area contributed by atoms with Gasteiger partial charge in [-0.1, -0.05) is 18.2 Å². The first-order valence-corrected chi connectivity index (χ1v) is 8.76. The van der Waals surface area contributed by atoms with Gasteiger partial charge in [0.05, 0.1) is 0 Å². The van der Waals surface area contributed by atoms with Gasteiger partial charge in [0.15, 0.2) is 0 Å². The van der Waals surface area contributed by atoms with E-state index < -0.39 is 0 Å². The zero-order valence-electron chi connectivity index (χ0n) is 14.7. The molecule has 0 radical (unpaired) electrons. The van der Waals surface area contributed by atoms with Crippen molar-refractivity contribution in [2.24, 2.45) is 5.92 Å². The number of para-hydroxylation sites is 1. The summed E-state index contributed by atoms with van der Waals surface area (Å²) in [5.41, 5.74) is 2.81. The predicted molar refractivity (Wildman–Crippen MR) is 97.0 cm³/mol. The molecule has 6 heteroatoms. The number of hydrogen-bond acceptors (Lipinski definition) is 4. The number of pyridine rings is 1. The molecular formula is C20H21N3O3. The van der Waals surface area contributed by atoms with Gasteiger partial charge in [-0.15, -0.1) is 0 Å². The van der Waals surface area contributed by atoms with Crippen molar-refractivity contribution in [3.8, 4) is 0 Å². The number of nitrogens with zero attached hydrogens (tertiary/aromatic N) is 3. The lowest BCUT2D eigenvalue weighted by Gasteiger charge is -2.42. The van der Waals surface area contributed by atoms with Gasteiger partial charge in [0, 0.05) is 62.2 Å². The average molecular weight is 351 g/mol. The number of amides is 2. The lowest BCUT2D eigenvalue weighted by molar-refractivity contribution is -0.142. The van der Waals surface area contributed by atoms with E-state index in [0.29, 0.717) is 18.0 Å². The molecule has 3 heterocycles. The van der Waals surface area contributed by atoms with Crippen molar-refractivity contribution in [2.75, 3.05) is 38.3 Å². The highest BCUT2D eigenvalue weighted by molar-refractivity contribution is 6.07. The zero-order valence-corrected chi connectivity index (χ0v) is 14.7. The van der Waals surface area contributed by atoms with Gasteiger partial charge in [-0.2, -0.15) is 0 Å². The van der Waals surface area contributed by atoms with Crippen molar-refractivity contribution in [3.05, 3.63) is 59.9 Å². The molecule has 134 valence electrons. The topological polar surface area (TPSA) is 62.7 Å². The van der Waals surface area contributed by atoms with Gasteiger partial charge in [-0.05, 0) is 23.8 Å². The van der Waals surface area contributed by atoms with Crippen molar-refractivity contribution in [2.45, 2.75) is 5.92 Å². The van der Waals surface area contributed by atoms with E-state index in [1.165, 1.54) is 12.7 Å². The molecule has 26 heavy (non-hydrogen) atoms. The Morgan fingerprint density at radius 3 is 2.58 bits per heavy atom. The van der Waals surface area contributed by atoms with Gasteiger partial charge in [0.2, 0.25) is 5.91 Å². The summed E-state index contributed by atoms with van der Waals surface area (Å²) in [5, 5.41) is 0. The minimum Gasteiger partial charge on any atom is -0.375 e. The molecule has 1 fully saturated rings. The van der Waals surface area contributed by atoms with Crippen LogP contribution in [0.5, 0.6) is 0 Å². The molecule has 1 atom stereocenters. The summed E-state index contributed by atoms with van der Waals surface area (Å²) >= 11 is 0. The maximum Gasteiger partial charge on any atom is 0.258 e. The number of aromatic nitrogens is 1. The number of hydrogen-bond donors (Lipinski definition) is 0. The van der Waals surface area contributed by atoms with Crippen LogP contribution in [0.2, 0.25) is 0 Å². The van der Waals surface area contributed by atoms with Gasteiger partial charge >= 0.3 is 0 Å². The van der Waals surface area contributed by atoms with Gasteiger partial charge in [-0.3, -0.25) is 14.6 Å². The van der Waals surface area contributed by atoms with E-state index in [1.807, 2.05) is 28.0 Å². The van der Waals surface area contributed by atoms with Crippen molar-refractivity contribution < 1.29 is 14.3 Å². The zero-order chi connectivity index (χ0) is 18.1. The summed E-state index contributed by atoms with van der Waals surface area (Å²) in [6.07, 6.45) is 3.27. The van der Waals surface area contributed by atoms with Crippen molar-refractivity contribution in [1.82, 2.24) is 9.88 Å². The number of carbonyl (C=O) groups is 2. The molecule has 0 N–H and O–H groups in total. The summed E-state index contributed by atoms with van der Waals surface area (Å²) in [7, 11) is 1.53. The first kappa shape index (κ1) is 16.7. The Morgan fingerprint density at radius 2 is 1.85 bits per heavy atom. The van der Waals surface area contributed by atoms with Crippen LogP contribution in [0, 0.1) is 5.92 Å². The van der Waals surface area contributed by atoms with Crippen LogP contribution in [0.1, 0.15) is 21.8 Å². The number of ether oxygens (including phenoxy) is 1. The first-order valence-electron chi connectivity index (χ1n) is 8.76. The Bertz CT molecular complexity index is 818. The largest absolute Gasteiger partial charge is 0.375 e. The number of benzene rings is 1. The number of anilines is 1. The third kappa shape index (κ3) is 2.86. The Kier molecular flexibility index (Phi) is 4.42. The minimum absolute atomic E-state index is 0.00557. The fraction of sp³-hybridized carbons (Fsp3) is 0.350. The second kappa shape index (κ2) is 6.88. The molecule has 2 aromatic rings. The molecule has 0 bridgehead atoms. The van der Waals surface area contributed by atoms with Gasteiger partial charge in [0.1, 0.15) is 6.61 Å². The van der Waals surface area contributed by atoms with Gasteiger partial charge < -0.3 is 14.5 Å². The highest BCUT2D eigenvalue weighted by Crippen LogP contribution is 2.43. The van der Waals surface area contributed by atoms with Crippen LogP contribution in [-0.4, -0.2) is 55.0 Å². The monoisotopic (exact) mass is 351 g/mol. The van der Waals surface area contributed by atoms with Gasteiger partial charge in [-0.25, -0.2) is 0 Å². The second-order valence-electron chi connectivity index (χ2n) is 6.81. The number of likely N-dealkylation sites (tertiary alicyclic amines) is 1. The molecule has 1 aromatic heterocycles. The fourth-order valence-corrected chi connectivity index (χ4v) is 3.87. The van der Waals surface area contributed by atoms with E-state index in [1.54, 1.807) is 24.5 Å². The third-order valence-electron chi connectivity index (χ3n) is 5.28. The highest BCUT2D eigenvalue weighted by Gasteiger charge is 2.42. The Hall–Kier alpha value is -2.73. The molecule has 0 aliphatic carbocycles. The molecule has 1 aromatic carbocycles. The third-order valence-corrected chi connectivity index (χ3v) is 5.28. The fourth-order valence-electron chi connectivity index (χ4n) is 3.87. The molecule has 0 saturated carbocycles. The van der Waals surface area contributed by atoms with Crippen LogP contribution in [0.25, 0.3) is 0 Å². The Morgan fingerprint density at radius 1 is 1.12 bits per heavy atom. The van der Waals surface area contributed by atoms with E-state index in [0.717, 1.165) is 18.8 Å². The molecular weight excluding hydrogens is 330 g/mol. The Labute approximate surface area is 152 Å². The molecule has 6 nitrogen and oxygen atoms in total. The van der Waals surface area contributed by atoms with E-state index in [-0.39, 0.29) is 24.3 Å².